The smallest absolute Gasteiger partial charge is 0.178 e. The Morgan fingerprint density at radius 2 is 1.95 bits per heavy atom. The number of halogens is 1. The fourth-order valence-corrected chi connectivity index (χ4v) is 2.80. The van der Waals surface area contributed by atoms with Crippen LogP contribution in [0.25, 0.3) is 22.5 Å². The van der Waals surface area contributed by atoms with Crippen LogP contribution in [0, 0.1) is 12.7 Å². The number of aryl methyl sites for hydroxylation is 1. The maximum Gasteiger partial charge on any atom is 0.178 e. The second-order valence-electron chi connectivity index (χ2n) is 4.25. The summed E-state index contributed by atoms with van der Waals surface area (Å²) in [6, 6.07) is 6.13. The molecule has 0 aliphatic rings. The molecule has 0 aliphatic heterocycles. The lowest BCUT2D eigenvalue weighted by Crippen LogP contribution is -1.89. The molecule has 3 rings (SSSR count). The number of anilines is 1. The number of rotatable bonds is 2. The summed E-state index contributed by atoms with van der Waals surface area (Å²) < 4.78 is 18.3. The summed E-state index contributed by atoms with van der Waals surface area (Å²) in [5, 5.41) is 7.84. The minimum Gasteiger partial charge on any atom is -0.380 e. The predicted molar refractivity (Wildman–Crippen MR) is 74.4 cm³/mol. The van der Waals surface area contributed by atoms with Crippen molar-refractivity contribution in [3.63, 3.8) is 0 Å². The summed E-state index contributed by atoms with van der Waals surface area (Å²) in [4.78, 5) is 0. The minimum absolute atomic E-state index is 0.285. The molecule has 0 radical (unpaired) electrons. The second kappa shape index (κ2) is 4.51. The lowest BCUT2D eigenvalue weighted by molar-refractivity contribution is 0.436. The van der Waals surface area contributed by atoms with E-state index in [9.17, 15) is 4.39 Å². The largest absolute Gasteiger partial charge is 0.380 e. The van der Waals surface area contributed by atoms with Gasteiger partial charge < -0.3 is 10.3 Å². The van der Waals surface area contributed by atoms with Gasteiger partial charge in [0, 0.05) is 10.9 Å². The summed E-state index contributed by atoms with van der Waals surface area (Å²) in [5.74, 6) is 0.655. The second-order valence-corrected chi connectivity index (χ2v) is 4.99. The quantitative estimate of drug-likeness (QED) is 0.765. The van der Waals surface area contributed by atoms with Crippen LogP contribution in [0.4, 0.5) is 10.2 Å². The average Bonchev–Trinajstić information content (AvgIpc) is 2.97. The molecule has 3 nitrogen and oxygen atoms in total. The summed E-state index contributed by atoms with van der Waals surface area (Å²) in [7, 11) is 0. The van der Waals surface area contributed by atoms with Gasteiger partial charge in [0.25, 0.3) is 0 Å². The molecule has 0 atom stereocenters. The molecule has 0 amide bonds. The van der Waals surface area contributed by atoms with E-state index in [-0.39, 0.29) is 5.82 Å². The van der Waals surface area contributed by atoms with Gasteiger partial charge in [-0.25, -0.2) is 4.39 Å². The van der Waals surface area contributed by atoms with Crippen molar-refractivity contribution in [2.75, 3.05) is 5.73 Å². The molecule has 5 heteroatoms. The Morgan fingerprint density at radius 1 is 1.21 bits per heavy atom. The van der Waals surface area contributed by atoms with E-state index >= 15 is 0 Å². The summed E-state index contributed by atoms with van der Waals surface area (Å²) >= 11 is 1.59. The maximum atomic E-state index is 13.0. The van der Waals surface area contributed by atoms with Crippen molar-refractivity contribution in [2.45, 2.75) is 6.92 Å². The SMILES string of the molecule is Cc1cscc1-c1onc(N)c1-c1ccc(F)cc1. The van der Waals surface area contributed by atoms with Gasteiger partial charge in [-0.3, -0.25) is 0 Å². The predicted octanol–water partition coefficient (Wildman–Crippen LogP) is 4.10. The molecule has 96 valence electrons. The zero-order chi connectivity index (χ0) is 13.4. The molecule has 0 spiro atoms. The van der Waals surface area contributed by atoms with E-state index < -0.39 is 0 Å². The molecular formula is C14H11FN2OS. The van der Waals surface area contributed by atoms with Crippen LogP contribution >= 0.6 is 11.3 Å². The Kier molecular flexibility index (Phi) is 2.83. The molecule has 2 heterocycles. The first-order valence-corrected chi connectivity index (χ1v) is 6.65. The standard InChI is InChI=1S/C14H11FN2OS/c1-8-6-19-7-11(8)13-12(14(16)17-18-13)9-2-4-10(15)5-3-9/h2-7H,1H3,(H2,16,17). The Morgan fingerprint density at radius 3 is 2.58 bits per heavy atom. The van der Waals surface area contributed by atoms with Crippen LogP contribution < -0.4 is 5.73 Å². The lowest BCUT2D eigenvalue weighted by atomic mass is 10.0. The molecule has 19 heavy (non-hydrogen) atoms. The van der Waals surface area contributed by atoms with Crippen molar-refractivity contribution < 1.29 is 8.91 Å². The molecule has 0 unspecified atom stereocenters. The average molecular weight is 274 g/mol. The molecule has 2 N–H and O–H groups in total. The molecule has 3 aromatic rings. The molecule has 1 aromatic carbocycles. The van der Waals surface area contributed by atoms with Gasteiger partial charge in [0.2, 0.25) is 0 Å². The van der Waals surface area contributed by atoms with E-state index in [1.807, 2.05) is 17.7 Å². The van der Waals surface area contributed by atoms with Gasteiger partial charge in [-0.15, -0.1) is 0 Å². The minimum atomic E-state index is -0.285. The number of nitrogens with two attached hydrogens (primary N) is 1. The third kappa shape index (κ3) is 2.02. The highest BCUT2D eigenvalue weighted by Crippen LogP contribution is 2.38. The summed E-state index contributed by atoms with van der Waals surface area (Å²) in [6.45, 7) is 2.00. The first-order chi connectivity index (χ1) is 9.16. The van der Waals surface area contributed by atoms with Crippen LogP contribution in [0.2, 0.25) is 0 Å². The zero-order valence-corrected chi connectivity index (χ0v) is 11.0. The number of thiophene rings is 1. The van der Waals surface area contributed by atoms with E-state index in [1.165, 1.54) is 12.1 Å². The lowest BCUT2D eigenvalue weighted by Gasteiger charge is -2.02. The third-order valence-electron chi connectivity index (χ3n) is 2.95. The fourth-order valence-electron chi connectivity index (χ4n) is 1.97. The number of hydrogen-bond donors (Lipinski definition) is 1. The van der Waals surface area contributed by atoms with Gasteiger partial charge >= 0.3 is 0 Å². The zero-order valence-electron chi connectivity index (χ0n) is 10.2. The van der Waals surface area contributed by atoms with Crippen molar-refractivity contribution >= 4 is 17.2 Å². The molecule has 0 bridgehead atoms. The Labute approximate surface area is 113 Å². The van der Waals surface area contributed by atoms with E-state index in [1.54, 1.807) is 23.5 Å². The van der Waals surface area contributed by atoms with E-state index in [0.29, 0.717) is 17.1 Å². The van der Waals surface area contributed by atoms with Gasteiger partial charge in [0.05, 0.1) is 5.56 Å². The van der Waals surface area contributed by atoms with Crippen LogP contribution in [0.5, 0.6) is 0 Å². The third-order valence-corrected chi connectivity index (χ3v) is 3.81. The van der Waals surface area contributed by atoms with Crippen LogP contribution in [0.1, 0.15) is 5.56 Å². The van der Waals surface area contributed by atoms with Crippen molar-refractivity contribution in [3.8, 4) is 22.5 Å². The van der Waals surface area contributed by atoms with Crippen molar-refractivity contribution in [1.82, 2.24) is 5.16 Å². The van der Waals surface area contributed by atoms with Crippen molar-refractivity contribution in [1.29, 1.82) is 0 Å². The molecule has 2 aromatic heterocycles. The number of nitrogen functional groups attached to an aromatic ring is 1. The number of nitrogens with zero attached hydrogens (tertiary/aromatic N) is 1. The number of aromatic nitrogens is 1. The fraction of sp³-hybridized carbons (Fsp3) is 0.0714. The molecule has 0 saturated carbocycles. The summed E-state index contributed by atoms with van der Waals surface area (Å²) in [5.41, 5.74) is 9.44. The highest BCUT2D eigenvalue weighted by molar-refractivity contribution is 7.08. The van der Waals surface area contributed by atoms with Gasteiger partial charge in [0.15, 0.2) is 11.6 Å². The van der Waals surface area contributed by atoms with Crippen LogP contribution in [0.15, 0.2) is 39.5 Å². The van der Waals surface area contributed by atoms with Gasteiger partial charge in [0.1, 0.15) is 5.82 Å². The maximum absolute atomic E-state index is 13.0. The molecule has 0 fully saturated rings. The molecular weight excluding hydrogens is 263 g/mol. The van der Waals surface area contributed by atoms with Gasteiger partial charge in [-0.1, -0.05) is 17.3 Å². The first kappa shape index (κ1) is 11.9. The van der Waals surface area contributed by atoms with Crippen LogP contribution in [0.3, 0.4) is 0 Å². The van der Waals surface area contributed by atoms with Crippen molar-refractivity contribution in [2.24, 2.45) is 0 Å². The Balaban J connectivity index is 2.19. The summed E-state index contributed by atoms with van der Waals surface area (Å²) in [6.07, 6.45) is 0. The Bertz CT molecular complexity index is 715. The van der Waals surface area contributed by atoms with Crippen LogP contribution in [-0.4, -0.2) is 5.16 Å². The monoisotopic (exact) mass is 274 g/mol. The highest BCUT2D eigenvalue weighted by Gasteiger charge is 2.19. The topological polar surface area (TPSA) is 52.0 Å². The Hall–Kier alpha value is -2.14. The van der Waals surface area contributed by atoms with Gasteiger partial charge in [-0.05, 0) is 35.6 Å². The number of benzene rings is 1. The van der Waals surface area contributed by atoms with E-state index in [2.05, 4.69) is 5.16 Å². The normalized spacial score (nSPS) is 10.8. The molecule has 0 saturated heterocycles. The number of hydrogen-bond acceptors (Lipinski definition) is 4. The van der Waals surface area contributed by atoms with E-state index in [4.69, 9.17) is 10.3 Å². The van der Waals surface area contributed by atoms with Crippen molar-refractivity contribution in [3.05, 3.63) is 46.4 Å². The first-order valence-electron chi connectivity index (χ1n) is 5.71. The molecule has 0 aliphatic carbocycles. The van der Waals surface area contributed by atoms with Gasteiger partial charge in [-0.2, -0.15) is 11.3 Å². The van der Waals surface area contributed by atoms with E-state index in [0.717, 1.165) is 16.7 Å². The van der Waals surface area contributed by atoms with Crippen LogP contribution in [-0.2, 0) is 0 Å². The highest BCUT2D eigenvalue weighted by atomic mass is 32.1.